The lowest BCUT2D eigenvalue weighted by atomic mass is 10.1. The first-order chi connectivity index (χ1) is 14.1. The normalized spacial score (nSPS) is 15.7. The number of hydrogen-bond donors (Lipinski definition) is 2. The summed E-state index contributed by atoms with van der Waals surface area (Å²) in [5.74, 6) is -0.244. The lowest BCUT2D eigenvalue weighted by Crippen LogP contribution is -2.33. The van der Waals surface area contributed by atoms with Gasteiger partial charge in [-0.3, -0.25) is 9.48 Å². The average molecular weight is 424 g/mol. The fourth-order valence-electron chi connectivity index (χ4n) is 3.32. The molecule has 1 aromatic heterocycles. The highest BCUT2D eigenvalue weighted by Crippen LogP contribution is 2.23. The summed E-state index contributed by atoms with van der Waals surface area (Å²) < 4.78 is 7.29. The van der Waals surface area contributed by atoms with E-state index in [4.69, 9.17) is 10.00 Å². The second-order valence-corrected chi connectivity index (χ2v) is 6.87. The number of nitrogens with zero attached hydrogens (tertiary/aromatic N) is 3. The molecule has 1 aliphatic heterocycles. The van der Waals surface area contributed by atoms with Crippen molar-refractivity contribution < 1.29 is 9.53 Å². The van der Waals surface area contributed by atoms with Gasteiger partial charge in [-0.1, -0.05) is 24.3 Å². The molecule has 2 N–H and O–H groups in total. The molecule has 2 aromatic carbocycles. The van der Waals surface area contributed by atoms with Gasteiger partial charge in [0.05, 0.1) is 30.0 Å². The molecule has 0 bridgehead atoms. The van der Waals surface area contributed by atoms with E-state index in [0.717, 1.165) is 24.2 Å². The number of hydrogen-bond acceptors (Lipinski definition) is 5. The lowest BCUT2D eigenvalue weighted by molar-refractivity contribution is 0.0277. The van der Waals surface area contributed by atoms with E-state index in [1.54, 1.807) is 36.0 Å². The van der Waals surface area contributed by atoms with Gasteiger partial charge in [-0.15, -0.1) is 12.4 Å². The number of rotatable bonds is 4. The van der Waals surface area contributed by atoms with Gasteiger partial charge in [0.1, 0.15) is 5.69 Å². The quantitative estimate of drug-likeness (QED) is 0.671. The smallest absolute Gasteiger partial charge is 0.273 e. The predicted molar refractivity (Wildman–Crippen MR) is 117 cm³/mol. The van der Waals surface area contributed by atoms with Crippen LogP contribution in [0.25, 0.3) is 11.3 Å². The van der Waals surface area contributed by atoms with Crippen LogP contribution >= 0.6 is 12.4 Å². The largest absolute Gasteiger partial charge is 0.371 e. The number of carbonyl (C=O) groups is 1. The second kappa shape index (κ2) is 9.55. The van der Waals surface area contributed by atoms with Crippen LogP contribution < -0.4 is 10.6 Å². The molecular weight excluding hydrogens is 402 g/mol. The Bertz CT molecular complexity index is 1070. The second-order valence-electron chi connectivity index (χ2n) is 6.87. The molecular formula is C22H22ClN5O2. The van der Waals surface area contributed by atoms with E-state index >= 15 is 0 Å². The minimum Gasteiger partial charge on any atom is -0.371 e. The van der Waals surface area contributed by atoms with E-state index in [9.17, 15) is 4.79 Å². The third kappa shape index (κ3) is 4.69. The van der Waals surface area contributed by atoms with Gasteiger partial charge in [0.2, 0.25) is 0 Å². The minimum absolute atomic E-state index is 0. The first-order valence-electron chi connectivity index (χ1n) is 9.42. The highest BCUT2D eigenvalue weighted by molar-refractivity contribution is 6.03. The summed E-state index contributed by atoms with van der Waals surface area (Å²) in [6, 6.07) is 18.7. The summed E-state index contributed by atoms with van der Waals surface area (Å²) in [7, 11) is 1.73. The molecule has 1 aliphatic rings. The minimum atomic E-state index is -0.244. The topological polar surface area (TPSA) is 92.0 Å². The number of benzene rings is 2. The van der Waals surface area contributed by atoms with Gasteiger partial charge in [0.15, 0.2) is 0 Å². The van der Waals surface area contributed by atoms with E-state index in [0.29, 0.717) is 29.2 Å². The number of carbonyl (C=O) groups excluding carboxylic acids is 1. The van der Waals surface area contributed by atoms with Crippen molar-refractivity contribution in [1.29, 1.82) is 5.26 Å². The van der Waals surface area contributed by atoms with Gasteiger partial charge in [0.25, 0.3) is 5.91 Å². The van der Waals surface area contributed by atoms with Gasteiger partial charge >= 0.3 is 0 Å². The van der Waals surface area contributed by atoms with E-state index in [2.05, 4.69) is 21.8 Å². The lowest BCUT2D eigenvalue weighted by Gasteiger charge is -2.24. The van der Waals surface area contributed by atoms with Gasteiger partial charge in [-0.05, 0) is 35.9 Å². The molecule has 30 heavy (non-hydrogen) atoms. The van der Waals surface area contributed by atoms with Crippen molar-refractivity contribution in [2.24, 2.45) is 7.05 Å². The number of nitrogens with one attached hydrogen (secondary N) is 2. The fraction of sp³-hybridized carbons (Fsp3) is 0.227. The Morgan fingerprint density at radius 2 is 2.07 bits per heavy atom. The third-order valence-corrected chi connectivity index (χ3v) is 4.87. The van der Waals surface area contributed by atoms with Gasteiger partial charge in [-0.25, -0.2) is 0 Å². The van der Waals surface area contributed by atoms with Crippen LogP contribution in [0, 0.1) is 11.3 Å². The van der Waals surface area contributed by atoms with E-state index in [1.807, 2.05) is 30.3 Å². The molecule has 0 radical (unpaired) electrons. The maximum absolute atomic E-state index is 12.7. The van der Waals surface area contributed by atoms with Crippen molar-refractivity contribution in [2.75, 3.05) is 25.0 Å². The third-order valence-electron chi connectivity index (χ3n) is 4.87. The Kier molecular flexibility index (Phi) is 6.85. The van der Waals surface area contributed by atoms with Crippen molar-refractivity contribution in [3.8, 4) is 17.3 Å². The zero-order valence-electron chi connectivity index (χ0n) is 16.5. The van der Waals surface area contributed by atoms with Crippen molar-refractivity contribution >= 4 is 24.0 Å². The molecule has 1 fully saturated rings. The van der Waals surface area contributed by atoms with E-state index in [-0.39, 0.29) is 24.4 Å². The fourth-order valence-corrected chi connectivity index (χ4v) is 3.32. The van der Waals surface area contributed by atoms with Gasteiger partial charge in [-0.2, -0.15) is 10.4 Å². The first kappa shape index (κ1) is 21.5. The van der Waals surface area contributed by atoms with Crippen LogP contribution in [0.15, 0.2) is 54.6 Å². The Balaban J connectivity index is 0.00000256. The van der Waals surface area contributed by atoms with Crippen molar-refractivity contribution in [3.63, 3.8) is 0 Å². The maximum atomic E-state index is 12.7. The molecule has 1 amide bonds. The molecule has 0 saturated carbocycles. The molecule has 0 spiro atoms. The average Bonchev–Trinajstić information content (AvgIpc) is 3.17. The Morgan fingerprint density at radius 3 is 2.77 bits per heavy atom. The first-order valence-corrected chi connectivity index (χ1v) is 9.42. The number of morpholine rings is 1. The summed E-state index contributed by atoms with van der Waals surface area (Å²) in [4.78, 5) is 12.7. The number of amides is 1. The maximum Gasteiger partial charge on any atom is 0.273 e. The Labute approximate surface area is 181 Å². The Hall–Kier alpha value is -3.18. The summed E-state index contributed by atoms with van der Waals surface area (Å²) >= 11 is 0. The van der Waals surface area contributed by atoms with Crippen LogP contribution in [0.2, 0.25) is 0 Å². The molecule has 3 aromatic rings. The van der Waals surface area contributed by atoms with Crippen LogP contribution in [-0.4, -0.2) is 35.4 Å². The van der Waals surface area contributed by atoms with Crippen molar-refractivity contribution in [1.82, 2.24) is 15.1 Å². The van der Waals surface area contributed by atoms with Gasteiger partial charge in [0, 0.05) is 31.4 Å². The monoisotopic (exact) mass is 423 g/mol. The number of aromatic nitrogens is 2. The molecule has 154 valence electrons. The number of halogens is 1. The molecule has 0 unspecified atom stereocenters. The predicted octanol–water partition coefficient (Wildman–Crippen LogP) is 3.29. The molecule has 2 heterocycles. The summed E-state index contributed by atoms with van der Waals surface area (Å²) in [6.45, 7) is 2.36. The van der Waals surface area contributed by atoms with Crippen molar-refractivity contribution in [3.05, 3.63) is 71.4 Å². The van der Waals surface area contributed by atoms with E-state index in [1.165, 1.54) is 0 Å². The highest BCUT2D eigenvalue weighted by atomic mass is 35.5. The van der Waals surface area contributed by atoms with Crippen LogP contribution in [0.3, 0.4) is 0 Å². The Morgan fingerprint density at radius 1 is 1.27 bits per heavy atom. The standard InChI is InChI=1S/C22H21N5O2.ClH/c1-27-20(12-19(26-27)17-4-2-3-15(11-17)13-23)22(28)25-18-7-5-16(6-8-18)21-14-24-9-10-29-21;/h2-8,11-12,21,24H,9-10,14H2,1H3,(H,25,28);1H/t21-;/m1./s1. The number of ether oxygens (including phenoxy) is 1. The number of nitriles is 1. The highest BCUT2D eigenvalue weighted by Gasteiger charge is 2.17. The summed E-state index contributed by atoms with van der Waals surface area (Å²) in [6.07, 6.45) is 0.0392. The molecule has 1 saturated heterocycles. The SMILES string of the molecule is Cl.Cn1nc(-c2cccc(C#N)c2)cc1C(=O)Nc1ccc([C@H]2CNCCO2)cc1. The summed E-state index contributed by atoms with van der Waals surface area (Å²) in [5, 5.41) is 19.7. The zero-order chi connectivity index (χ0) is 20.2. The summed E-state index contributed by atoms with van der Waals surface area (Å²) in [5.41, 5.74) is 4.21. The molecule has 7 nitrogen and oxygen atoms in total. The van der Waals surface area contributed by atoms with Crippen molar-refractivity contribution in [2.45, 2.75) is 6.10 Å². The van der Waals surface area contributed by atoms with Crippen LogP contribution in [0.1, 0.15) is 27.7 Å². The van der Waals surface area contributed by atoms with Crippen LogP contribution in [-0.2, 0) is 11.8 Å². The zero-order valence-corrected chi connectivity index (χ0v) is 17.3. The molecule has 0 aliphatic carbocycles. The number of anilines is 1. The molecule has 4 rings (SSSR count). The molecule has 1 atom stereocenters. The van der Waals surface area contributed by atoms with Gasteiger partial charge < -0.3 is 15.4 Å². The van der Waals surface area contributed by atoms with Crippen LogP contribution in [0.4, 0.5) is 5.69 Å². The molecule has 8 heteroatoms. The van der Waals surface area contributed by atoms with Crippen LogP contribution in [0.5, 0.6) is 0 Å². The number of aryl methyl sites for hydroxylation is 1. The van der Waals surface area contributed by atoms with E-state index < -0.39 is 0 Å².